The van der Waals surface area contributed by atoms with E-state index in [-0.39, 0.29) is 5.91 Å². The minimum Gasteiger partial charge on any atom is -0.330 e. The van der Waals surface area contributed by atoms with Crippen LogP contribution in [0.25, 0.3) is 0 Å². The molecule has 6 heteroatoms. The molecule has 21 heavy (non-hydrogen) atoms. The van der Waals surface area contributed by atoms with Crippen LogP contribution in [0.5, 0.6) is 0 Å². The van der Waals surface area contributed by atoms with Gasteiger partial charge in [-0.05, 0) is 25.1 Å². The summed E-state index contributed by atoms with van der Waals surface area (Å²) in [4.78, 5) is 19.4. The molecule has 0 aliphatic rings. The van der Waals surface area contributed by atoms with Crippen LogP contribution in [0.15, 0.2) is 37.1 Å². The number of thiophene rings is 1. The van der Waals surface area contributed by atoms with Gasteiger partial charge in [0.2, 0.25) is 0 Å². The zero-order chi connectivity index (χ0) is 15.4. The normalized spacial score (nSPS) is 10.4. The number of rotatable bonds is 5. The third-order valence-electron chi connectivity index (χ3n) is 2.83. The molecule has 0 bridgehead atoms. The molecule has 2 heterocycles. The van der Waals surface area contributed by atoms with E-state index in [0.29, 0.717) is 28.0 Å². The van der Waals surface area contributed by atoms with Gasteiger partial charge in [-0.25, -0.2) is 0 Å². The molecule has 0 saturated heterocycles. The summed E-state index contributed by atoms with van der Waals surface area (Å²) in [6, 6.07) is 5.41. The standard InChI is InChI=1S/C15H14Cl2N2OS/c1-3-6-19(9-11-4-5-14(17)21-11)15(20)12-8-18-10(2)7-13(12)16/h3-5,7-8H,1,6,9H2,2H3. The number of carbonyl (C=O) groups excluding carboxylic acids is 1. The van der Waals surface area contributed by atoms with Crippen LogP contribution in [-0.2, 0) is 6.54 Å². The number of amides is 1. The fourth-order valence-corrected chi connectivity index (χ4v) is 3.24. The van der Waals surface area contributed by atoms with Crippen molar-refractivity contribution in [1.29, 1.82) is 0 Å². The van der Waals surface area contributed by atoms with E-state index >= 15 is 0 Å². The van der Waals surface area contributed by atoms with Crippen molar-refractivity contribution in [2.24, 2.45) is 0 Å². The highest BCUT2D eigenvalue weighted by atomic mass is 35.5. The first kappa shape index (κ1) is 16.0. The highest BCUT2D eigenvalue weighted by molar-refractivity contribution is 7.16. The van der Waals surface area contributed by atoms with Crippen molar-refractivity contribution in [3.63, 3.8) is 0 Å². The van der Waals surface area contributed by atoms with Gasteiger partial charge < -0.3 is 4.90 Å². The molecule has 110 valence electrons. The van der Waals surface area contributed by atoms with E-state index in [9.17, 15) is 4.79 Å². The van der Waals surface area contributed by atoms with Gasteiger partial charge in [-0.1, -0.05) is 29.3 Å². The second-order valence-electron chi connectivity index (χ2n) is 4.49. The fourth-order valence-electron chi connectivity index (χ4n) is 1.85. The molecule has 0 saturated carbocycles. The van der Waals surface area contributed by atoms with Crippen LogP contribution in [0, 0.1) is 6.92 Å². The van der Waals surface area contributed by atoms with Crippen LogP contribution in [0.4, 0.5) is 0 Å². The number of carbonyl (C=O) groups is 1. The van der Waals surface area contributed by atoms with Gasteiger partial charge in [0.1, 0.15) is 0 Å². The summed E-state index contributed by atoms with van der Waals surface area (Å²) in [5.41, 5.74) is 1.17. The zero-order valence-corrected chi connectivity index (χ0v) is 13.8. The first-order chi connectivity index (χ1) is 10.0. The highest BCUT2D eigenvalue weighted by Gasteiger charge is 2.19. The Hall–Kier alpha value is -1.36. The predicted molar refractivity (Wildman–Crippen MR) is 88.3 cm³/mol. The third-order valence-corrected chi connectivity index (χ3v) is 4.36. The summed E-state index contributed by atoms with van der Waals surface area (Å²) < 4.78 is 0.700. The van der Waals surface area contributed by atoms with Crippen LogP contribution < -0.4 is 0 Å². The van der Waals surface area contributed by atoms with Gasteiger partial charge in [0.25, 0.3) is 5.91 Å². The lowest BCUT2D eigenvalue weighted by molar-refractivity contribution is 0.0764. The van der Waals surface area contributed by atoms with Crippen LogP contribution in [0.3, 0.4) is 0 Å². The maximum Gasteiger partial charge on any atom is 0.257 e. The largest absolute Gasteiger partial charge is 0.330 e. The Morgan fingerprint density at radius 2 is 2.24 bits per heavy atom. The molecule has 0 unspecified atom stereocenters. The Kier molecular flexibility index (Phi) is 5.39. The quantitative estimate of drug-likeness (QED) is 0.746. The molecular formula is C15H14Cl2N2OS. The van der Waals surface area contributed by atoms with Crippen molar-refractivity contribution in [2.45, 2.75) is 13.5 Å². The Labute approximate surface area is 137 Å². The number of nitrogens with zero attached hydrogens (tertiary/aromatic N) is 2. The number of halogens is 2. The molecule has 2 aromatic rings. The van der Waals surface area contributed by atoms with E-state index in [2.05, 4.69) is 11.6 Å². The van der Waals surface area contributed by atoms with E-state index < -0.39 is 0 Å². The number of aryl methyl sites for hydroxylation is 1. The number of pyridine rings is 1. The average Bonchev–Trinajstić information content (AvgIpc) is 2.83. The van der Waals surface area contributed by atoms with Crippen molar-refractivity contribution >= 4 is 40.4 Å². The van der Waals surface area contributed by atoms with Gasteiger partial charge >= 0.3 is 0 Å². The van der Waals surface area contributed by atoms with Gasteiger partial charge in [-0.3, -0.25) is 9.78 Å². The van der Waals surface area contributed by atoms with Crippen molar-refractivity contribution < 1.29 is 4.79 Å². The van der Waals surface area contributed by atoms with Crippen molar-refractivity contribution in [3.05, 3.63) is 62.5 Å². The summed E-state index contributed by atoms with van der Waals surface area (Å²) >= 11 is 13.5. The Balaban J connectivity index is 2.24. The second-order valence-corrected chi connectivity index (χ2v) is 6.69. The van der Waals surface area contributed by atoms with Gasteiger partial charge in [0, 0.05) is 23.3 Å². The van der Waals surface area contributed by atoms with Crippen molar-refractivity contribution in [3.8, 4) is 0 Å². The van der Waals surface area contributed by atoms with E-state index in [0.717, 1.165) is 10.6 Å². The second kappa shape index (κ2) is 7.07. The van der Waals surface area contributed by atoms with Crippen LogP contribution in [0.1, 0.15) is 20.9 Å². The number of hydrogen-bond donors (Lipinski definition) is 0. The van der Waals surface area contributed by atoms with Crippen molar-refractivity contribution in [2.75, 3.05) is 6.54 Å². The van der Waals surface area contributed by atoms with Gasteiger partial charge in [0.15, 0.2) is 0 Å². The van der Waals surface area contributed by atoms with Gasteiger partial charge in [-0.15, -0.1) is 17.9 Å². The van der Waals surface area contributed by atoms with E-state index in [1.54, 1.807) is 17.0 Å². The predicted octanol–water partition coefficient (Wildman–Crippen LogP) is 4.59. The van der Waals surface area contributed by atoms with Crippen molar-refractivity contribution in [1.82, 2.24) is 9.88 Å². The lowest BCUT2D eigenvalue weighted by Crippen LogP contribution is -2.30. The van der Waals surface area contributed by atoms with E-state index in [1.165, 1.54) is 17.5 Å². The van der Waals surface area contributed by atoms with Gasteiger partial charge in [-0.2, -0.15) is 0 Å². The average molecular weight is 341 g/mol. The molecule has 0 N–H and O–H groups in total. The smallest absolute Gasteiger partial charge is 0.257 e. The molecular weight excluding hydrogens is 327 g/mol. The molecule has 0 aromatic carbocycles. The van der Waals surface area contributed by atoms with E-state index in [1.807, 2.05) is 19.1 Å². The monoisotopic (exact) mass is 340 g/mol. The molecule has 0 spiro atoms. The van der Waals surface area contributed by atoms with Crippen LogP contribution >= 0.6 is 34.5 Å². The number of aromatic nitrogens is 1. The maximum atomic E-state index is 12.6. The first-order valence-electron chi connectivity index (χ1n) is 6.27. The third kappa shape index (κ3) is 4.06. The maximum absolute atomic E-state index is 12.6. The summed E-state index contributed by atoms with van der Waals surface area (Å²) in [5, 5.41) is 0.408. The lowest BCUT2D eigenvalue weighted by Gasteiger charge is -2.21. The fraction of sp³-hybridized carbons (Fsp3) is 0.200. The van der Waals surface area contributed by atoms with E-state index in [4.69, 9.17) is 23.2 Å². The molecule has 0 aliphatic carbocycles. The lowest BCUT2D eigenvalue weighted by atomic mass is 10.2. The van der Waals surface area contributed by atoms with Crippen LogP contribution in [0.2, 0.25) is 9.36 Å². The summed E-state index contributed by atoms with van der Waals surface area (Å²) in [7, 11) is 0. The molecule has 0 aliphatic heterocycles. The first-order valence-corrected chi connectivity index (χ1v) is 7.85. The zero-order valence-electron chi connectivity index (χ0n) is 11.5. The highest BCUT2D eigenvalue weighted by Crippen LogP contribution is 2.24. The Bertz CT molecular complexity index is 669. The SMILES string of the molecule is C=CCN(Cc1ccc(Cl)s1)C(=O)c1cnc(C)cc1Cl. The summed E-state index contributed by atoms with van der Waals surface area (Å²) in [6.45, 7) is 6.42. The Morgan fingerprint density at radius 3 is 2.81 bits per heavy atom. The molecule has 0 atom stereocenters. The Morgan fingerprint density at radius 1 is 1.48 bits per heavy atom. The van der Waals surface area contributed by atoms with Crippen LogP contribution in [-0.4, -0.2) is 22.3 Å². The summed E-state index contributed by atoms with van der Waals surface area (Å²) in [6.07, 6.45) is 3.19. The molecule has 1 amide bonds. The molecule has 0 radical (unpaired) electrons. The molecule has 3 nitrogen and oxygen atoms in total. The van der Waals surface area contributed by atoms with Gasteiger partial charge in [0.05, 0.1) is 21.5 Å². The molecule has 2 aromatic heterocycles. The topological polar surface area (TPSA) is 33.2 Å². The summed E-state index contributed by atoms with van der Waals surface area (Å²) in [5.74, 6) is -0.170. The molecule has 2 rings (SSSR count). The molecule has 0 fully saturated rings. The minimum absolute atomic E-state index is 0.170. The number of hydrogen-bond acceptors (Lipinski definition) is 3. The minimum atomic E-state index is -0.170.